The smallest absolute Gasteiger partial charge is 0.0314 e. The van der Waals surface area contributed by atoms with Gasteiger partial charge in [-0.1, -0.05) is 18.2 Å². The Morgan fingerprint density at radius 1 is 1.33 bits per heavy atom. The van der Waals surface area contributed by atoms with Crippen LogP contribution in [0.4, 0.5) is 5.69 Å². The van der Waals surface area contributed by atoms with Crippen LogP contribution in [0.2, 0.25) is 0 Å². The van der Waals surface area contributed by atoms with Crippen LogP contribution in [0.3, 0.4) is 0 Å². The van der Waals surface area contributed by atoms with Crippen LogP contribution in [-0.2, 0) is 6.54 Å². The molecule has 15 heavy (non-hydrogen) atoms. The summed E-state index contributed by atoms with van der Waals surface area (Å²) in [5.74, 6) is 0. The Morgan fingerprint density at radius 3 is 2.60 bits per heavy atom. The van der Waals surface area contributed by atoms with Gasteiger partial charge in [-0.15, -0.1) is 6.58 Å². The van der Waals surface area contributed by atoms with Gasteiger partial charge in [0, 0.05) is 12.2 Å². The molecule has 2 heteroatoms. The minimum Gasteiger partial charge on any atom is -0.399 e. The van der Waals surface area contributed by atoms with Crippen LogP contribution in [-0.4, -0.2) is 18.5 Å². The van der Waals surface area contributed by atoms with Gasteiger partial charge in [0.15, 0.2) is 0 Å². The summed E-state index contributed by atoms with van der Waals surface area (Å²) in [6.07, 6.45) is 4.23. The van der Waals surface area contributed by atoms with Gasteiger partial charge in [0.05, 0.1) is 0 Å². The van der Waals surface area contributed by atoms with Crippen molar-refractivity contribution in [2.24, 2.45) is 0 Å². The molecule has 0 aliphatic carbocycles. The number of benzene rings is 1. The number of allylic oxidation sites excluding steroid dienone is 1. The number of unbranched alkanes of at least 4 members (excludes halogenated alkanes) is 1. The molecule has 0 saturated carbocycles. The van der Waals surface area contributed by atoms with Gasteiger partial charge in [-0.05, 0) is 44.1 Å². The summed E-state index contributed by atoms with van der Waals surface area (Å²) in [6, 6.07) is 8.07. The van der Waals surface area contributed by atoms with Crippen LogP contribution in [0.25, 0.3) is 0 Å². The minimum atomic E-state index is 0.827. The number of hydrogen-bond acceptors (Lipinski definition) is 2. The van der Waals surface area contributed by atoms with E-state index in [1.165, 1.54) is 12.0 Å². The number of hydrogen-bond donors (Lipinski definition) is 1. The van der Waals surface area contributed by atoms with Crippen LogP contribution in [0.15, 0.2) is 36.9 Å². The molecule has 0 radical (unpaired) electrons. The molecule has 82 valence electrons. The Bertz CT molecular complexity index is 290. The lowest BCUT2D eigenvalue weighted by molar-refractivity contribution is 0.323. The molecule has 0 aliphatic heterocycles. The molecule has 1 aromatic carbocycles. The number of nitrogen functional groups attached to an aromatic ring is 1. The predicted octanol–water partition coefficient (Wildman–Crippen LogP) is 2.67. The molecule has 0 aliphatic rings. The molecule has 0 fully saturated rings. The summed E-state index contributed by atoms with van der Waals surface area (Å²) in [7, 11) is 2.14. The molecule has 1 rings (SSSR count). The second-order valence-corrected chi connectivity index (χ2v) is 3.91. The highest BCUT2D eigenvalue weighted by molar-refractivity contribution is 5.39. The van der Waals surface area contributed by atoms with Gasteiger partial charge >= 0.3 is 0 Å². The Hall–Kier alpha value is -1.28. The maximum absolute atomic E-state index is 5.63. The predicted molar refractivity (Wildman–Crippen MR) is 66.6 cm³/mol. The van der Waals surface area contributed by atoms with E-state index in [4.69, 9.17) is 5.73 Å². The summed E-state index contributed by atoms with van der Waals surface area (Å²) >= 11 is 0. The summed E-state index contributed by atoms with van der Waals surface area (Å²) in [4.78, 5) is 2.31. The van der Waals surface area contributed by atoms with Crippen molar-refractivity contribution in [1.29, 1.82) is 0 Å². The molecule has 0 aromatic heterocycles. The molecule has 0 heterocycles. The third-order valence-electron chi connectivity index (χ3n) is 2.38. The third kappa shape index (κ3) is 4.66. The summed E-state index contributed by atoms with van der Waals surface area (Å²) in [5, 5.41) is 0. The van der Waals surface area contributed by atoms with E-state index in [0.717, 1.165) is 25.2 Å². The molecule has 0 unspecified atom stereocenters. The third-order valence-corrected chi connectivity index (χ3v) is 2.38. The number of anilines is 1. The molecule has 0 bridgehead atoms. The summed E-state index contributed by atoms with van der Waals surface area (Å²) in [6.45, 7) is 5.81. The van der Waals surface area contributed by atoms with Crippen molar-refractivity contribution >= 4 is 5.69 Å². The van der Waals surface area contributed by atoms with Crippen LogP contribution in [0.5, 0.6) is 0 Å². The fourth-order valence-corrected chi connectivity index (χ4v) is 1.52. The minimum absolute atomic E-state index is 0.827. The van der Waals surface area contributed by atoms with Crippen LogP contribution in [0, 0.1) is 0 Å². The van der Waals surface area contributed by atoms with E-state index < -0.39 is 0 Å². The van der Waals surface area contributed by atoms with Crippen molar-refractivity contribution in [2.45, 2.75) is 19.4 Å². The van der Waals surface area contributed by atoms with Crippen molar-refractivity contribution < 1.29 is 0 Å². The van der Waals surface area contributed by atoms with Gasteiger partial charge in [-0.2, -0.15) is 0 Å². The van der Waals surface area contributed by atoms with E-state index >= 15 is 0 Å². The van der Waals surface area contributed by atoms with Gasteiger partial charge in [0.2, 0.25) is 0 Å². The number of nitrogens with two attached hydrogens (primary N) is 1. The zero-order valence-corrected chi connectivity index (χ0v) is 9.45. The van der Waals surface area contributed by atoms with E-state index in [0.29, 0.717) is 0 Å². The van der Waals surface area contributed by atoms with Crippen LogP contribution in [0.1, 0.15) is 18.4 Å². The maximum Gasteiger partial charge on any atom is 0.0314 e. The average Bonchev–Trinajstić information content (AvgIpc) is 2.22. The lowest BCUT2D eigenvalue weighted by Crippen LogP contribution is -2.18. The van der Waals surface area contributed by atoms with Crippen LogP contribution >= 0.6 is 0 Å². The van der Waals surface area contributed by atoms with Crippen molar-refractivity contribution in [3.05, 3.63) is 42.5 Å². The first-order valence-corrected chi connectivity index (χ1v) is 5.36. The normalized spacial score (nSPS) is 10.5. The zero-order valence-electron chi connectivity index (χ0n) is 9.45. The maximum atomic E-state index is 5.63. The standard InChI is InChI=1S/C13H20N2/c1-3-4-5-10-15(2)11-12-6-8-13(14)9-7-12/h3,6-9H,1,4-5,10-11,14H2,2H3. The van der Waals surface area contributed by atoms with Gasteiger partial charge in [0.1, 0.15) is 0 Å². The van der Waals surface area contributed by atoms with Gasteiger partial charge in [0.25, 0.3) is 0 Å². The SMILES string of the molecule is C=CCCCN(C)Cc1ccc(N)cc1. The van der Waals surface area contributed by atoms with Crippen LogP contribution < -0.4 is 5.73 Å². The Kier molecular flexibility index (Phi) is 4.91. The second kappa shape index (κ2) is 6.25. The molecule has 0 amide bonds. The topological polar surface area (TPSA) is 29.3 Å². The van der Waals surface area contributed by atoms with E-state index in [1.54, 1.807) is 0 Å². The Morgan fingerprint density at radius 2 is 2.00 bits per heavy atom. The largest absolute Gasteiger partial charge is 0.399 e. The molecule has 2 N–H and O–H groups in total. The molecule has 0 saturated heterocycles. The van der Waals surface area contributed by atoms with Gasteiger partial charge in [-0.3, -0.25) is 0 Å². The van der Waals surface area contributed by atoms with Gasteiger partial charge in [-0.25, -0.2) is 0 Å². The first kappa shape index (κ1) is 11.8. The molecule has 2 nitrogen and oxygen atoms in total. The fourth-order valence-electron chi connectivity index (χ4n) is 1.52. The molecule has 0 spiro atoms. The average molecular weight is 204 g/mol. The first-order chi connectivity index (χ1) is 7.22. The van der Waals surface area contributed by atoms with E-state index in [-0.39, 0.29) is 0 Å². The number of nitrogens with zero attached hydrogens (tertiary/aromatic N) is 1. The molecule has 0 atom stereocenters. The molecule has 1 aromatic rings. The highest BCUT2D eigenvalue weighted by atomic mass is 15.1. The number of rotatable bonds is 6. The highest BCUT2D eigenvalue weighted by Gasteiger charge is 1.99. The van der Waals surface area contributed by atoms with Gasteiger partial charge < -0.3 is 10.6 Å². The lowest BCUT2D eigenvalue weighted by atomic mass is 10.2. The summed E-state index contributed by atoms with van der Waals surface area (Å²) in [5.41, 5.74) is 7.77. The van der Waals surface area contributed by atoms with Crippen molar-refractivity contribution in [3.63, 3.8) is 0 Å². The van der Waals surface area contributed by atoms with Crippen molar-refractivity contribution in [3.8, 4) is 0 Å². The quantitative estimate of drug-likeness (QED) is 0.438. The lowest BCUT2D eigenvalue weighted by Gasteiger charge is -2.16. The Labute approximate surface area is 92.4 Å². The van der Waals surface area contributed by atoms with Crippen molar-refractivity contribution in [1.82, 2.24) is 4.90 Å². The van der Waals surface area contributed by atoms with E-state index in [1.807, 2.05) is 18.2 Å². The molecular formula is C13H20N2. The van der Waals surface area contributed by atoms with E-state index in [9.17, 15) is 0 Å². The monoisotopic (exact) mass is 204 g/mol. The summed E-state index contributed by atoms with van der Waals surface area (Å²) < 4.78 is 0. The zero-order chi connectivity index (χ0) is 11.1. The second-order valence-electron chi connectivity index (χ2n) is 3.91. The molecular weight excluding hydrogens is 184 g/mol. The fraction of sp³-hybridized carbons (Fsp3) is 0.385. The first-order valence-electron chi connectivity index (χ1n) is 5.36. The van der Waals surface area contributed by atoms with Crippen molar-refractivity contribution in [2.75, 3.05) is 19.3 Å². The highest BCUT2D eigenvalue weighted by Crippen LogP contribution is 2.08. The van der Waals surface area contributed by atoms with E-state index in [2.05, 4.69) is 30.7 Å². The Balaban J connectivity index is 2.34.